The first kappa shape index (κ1) is 23.3. The SMILES string of the molecule is CCCCC(=O)NCC1c2ccccc2C(OCc2ccccc2)CC1Cc1ccccc1. The molecule has 3 heteroatoms. The smallest absolute Gasteiger partial charge is 0.220 e. The average molecular weight is 442 g/mol. The van der Waals surface area contributed by atoms with Crippen LogP contribution in [0.4, 0.5) is 0 Å². The number of carbonyl (C=O) groups is 1. The number of nitrogens with one attached hydrogen (secondary N) is 1. The van der Waals surface area contributed by atoms with Gasteiger partial charge < -0.3 is 10.1 Å². The summed E-state index contributed by atoms with van der Waals surface area (Å²) in [5, 5.41) is 3.24. The zero-order valence-corrected chi connectivity index (χ0v) is 19.6. The number of fused-ring (bicyclic) bond motifs is 1. The zero-order chi connectivity index (χ0) is 22.9. The highest BCUT2D eigenvalue weighted by Gasteiger charge is 2.35. The minimum absolute atomic E-state index is 0.0576. The first-order valence-electron chi connectivity index (χ1n) is 12.3. The second-order valence-corrected chi connectivity index (χ2v) is 9.11. The fourth-order valence-electron chi connectivity index (χ4n) is 4.96. The van der Waals surface area contributed by atoms with Gasteiger partial charge in [0, 0.05) is 18.9 Å². The van der Waals surface area contributed by atoms with E-state index in [1.54, 1.807) is 0 Å². The highest BCUT2D eigenvalue weighted by Crippen LogP contribution is 2.44. The number of benzene rings is 3. The summed E-state index contributed by atoms with van der Waals surface area (Å²) in [5.74, 6) is 0.841. The van der Waals surface area contributed by atoms with Crippen molar-refractivity contribution in [3.8, 4) is 0 Å². The van der Waals surface area contributed by atoms with Gasteiger partial charge in [-0.05, 0) is 47.4 Å². The fraction of sp³-hybridized carbons (Fsp3) is 0.367. The molecule has 33 heavy (non-hydrogen) atoms. The van der Waals surface area contributed by atoms with Gasteiger partial charge in [-0.1, -0.05) is 98.3 Å². The molecule has 0 spiro atoms. The van der Waals surface area contributed by atoms with Gasteiger partial charge in [-0.15, -0.1) is 0 Å². The predicted molar refractivity (Wildman–Crippen MR) is 134 cm³/mol. The number of rotatable bonds is 10. The van der Waals surface area contributed by atoms with E-state index in [-0.39, 0.29) is 17.9 Å². The largest absolute Gasteiger partial charge is 0.369 e. The van der Waals surface area contributed by atoms with Gasteiger partial charge in [0.1, 0.15) is 0 Å². The van der Waals surface area contributed by atoms with Crippen LogP contribution in [0.3, 0.4) is 0 Å². The molecule has 0 saturated carbocycles. The van der Waals surface area contributed by atoms with Gasteiger partial charge >= 0.3 is 0 Å². The summed E-state index contributed by atoms with van der Waals surface area (Å²) in [6.45, 7) is 3.41. The Bertz CT molecular complexity index is 1000. The number of carbonyl (C=O) groups excluding carboxylic acids is 1. The molecule has 4 rings (SSSR count). The van der Waals surface area contributed by atoms with Crippen LogP contribution in [0.15, 0.2) is 84.9 Å². The van der Waals surface area contributed by atoms with Gasteiger partial charge in [0.15, 0.2) is 0 Å². The third kappa shape index (κ3) is 6.33. The maximum atomic E-state index is 12.4. The molecule has 0 bridgehead atoms. The van der Waals surface area contributed by atoms with Crippen LogP contribution in [0.25, 0.3) is 0 Å². The zero-order valence-electron chi connectivity index (χ0n) is 19.6. The van der Waals surface area contributed by atoms with Crippen LogP contribution in [-0.2, 0) is 22.6 Å². The Hall–Kier alpha value is -2.91. The lowest BCUT2D eigenvalue weighted by Gasteiger charge is -2.38. The fourth-order valence-corrected chi connectivity index (χ4v) is 4.96. The summed E-state index contributed by atoms with van der Waals surface area (Å²) >= 11 is 0. The highest BCUT2D eigenvalue weighted by molar-refractivity contribution is 5.75. The molecule has 0 fully saturated rings. The van der Waals surface area contributed by atoms with Crippen molar-refractivity contribution in [3.63, 3.8) is 0 Å². The number of hydrogen-bond acceptors (Lipinski definition) is 2. The van der Waals surface area contributed by atoms with E-state index < -0.39 is 0 Å². The lowest BCUT2D eigenvalue weighted by Crippen LogP contribution is -2.36. The monoisotopic (exact) mass is 441 g/mol. The van der Waals surface area contributed by atoms with Crippen molar-refractivity contribution < 1.29 is 9.53 Å². The first-order valence-corrected chi connectivity index (χ1v) is 12.3. The normalized spacial score (nSPS) is 19.6. The molecule has 0 heterocycles. The van der Waals surface area contributed by atoms with Gasteiger partial charge in [0.05, 0.1) is 12.7 Å². The van der Waals surface area contributed by atoms with Crippen LogP contribution < -0.4 is 5.32 Å². The topological polar surface area (TPSA) is 38.3 Å². The lowest BCUT2D eigenvalue weighted by molar-refractivity contribution is -0.121. The Labute approximate surface area is 198 Å². The molecule has 3 nitrogen and oxygen atoms in total. The minimum atomic E-state index is 0.0576. The summed E-state index contributed by atoms with van der Waals surface area (Å²) < 4.78 is 6.50. The van der Waals surface area contributed by atoms with E-state index in [2.05, 4.69) is 91.1 Å². The Morgan fingerprint density at radius 1 is 0.879 bits per heavy atom. The van der Waals surface area contributed by atoms with Gasteiger partial charge in [0.2, 0.25) is 5.91 Å². The molecule has 0 radical (unpaired) electrons. The molecule has 172 valence electrons. The second kappa shape index (κ2) is 11.8. The molecule has 1 aliphatic carbocycles. The van der Waals surface area contributed by atoms with Crippen LogP contribution in [-0.4, -0.2) is 12.5 Å². The molecule has 0 aromatic heterocycles. The molecule has 3 unspecified atom stereocenters. The Morgan fingerprint density at radius 2 is 1.52 bits per heavy atom. The number of unbranched alkanes of at least 4 members (excludes halogenated alkanes) is 1. The maximum Gasteiger partial charge on any atom is 0.220 e. The van der Waals surface area contributed by atoms with E-state index in [9.17, 15) is 4.79 Å². The molecule has 0 aliphatic heterocycles. The minimum Gasteiger partial charge on any atom is -0.369 e. The molecule has 0 saturated heterocycles. The molecular formula is C30H35NO2. The summed E-state index contributed by atoms with van der Waals surface area (Å²) in [7, 11) is 0. The second-order valence-electron chi connectivity index (χ2n) is 9.11. The van der Waals surface area contributed by atoms with E-state index >= 15 is 0 Å². The van der Waals surface area contributed by atoms with Crippen molar-refractivity contribution in [3.05, 3.63) is 107 Å². The van der Waals surface area contributed by atoms with Gasteiger partial charge in [-0.2, -0.15) is 0 Å². The Balaban J connectivity index is 1.56. The summed E-state index contributed by atoms with van der Waals surface area (Å²) in [5.41, 5.74) is 5.12. The first-order chi connectivity index (χ1) is 16.2. The predicted octanol–water partition coefficient (Wildman–Crippen LogP) is 6.60. The number of ether oxygens (including phenoxy) is 1. The summed E-state index contributed by atoms with van der Waals surface area (Å²) in [6, 6.07) is 29.7. The van der Waals surface area contributed by atoms with E-state index in [0.29, 0.717) is 25.5 Å². The standard InChI is InChI=1S/C30H35NO2/c1-2-3-18-30(32)31-21-28-25(19-23-12-6-4-7-13-23)20-29(27-17-11-10-16-26(27)28)33-22-24-14-8-5-9-15-24/h4-17,25,28-29H,2-3,18-22H2,1H3,(H,31,32). The number of hydrogen-bond donors (Lipinski definition) is 1. The van der Waals surface area contributed by atoms with E-state index in [4.69, 9.17) is 4.74 Å². The van der Waals surface area contributed by atoms with E-state index in [1.165, 1.54) is 22.3 Å². The quantitative estimate of drug-likeness (QED) is 0.385. The van der Waals surface area contributed by atoms with E-state index in [0.717, 1.165) is 25.7 Å². The van der Waals surface area contributed by atoms with E-state index in [1.807, 2.05) is 6.07 Å². The van der Waals surface area contributed by atoms with Crippen LogP contribution in [0.2, 0.25) is 0 Å². The molecular weight excluding hydrogens is 406 g/mol. The lowest BCUT2D eigenvalue weighted by atomic mass is 9.71. The average Bonchev–Trinajstić information content (AvgIpc) is 2.86. The van der Waals surface area contributed by atoms with Crippen molar-refractivity contribution in [1.29, 1.82) is 0 Å². The van der Waals surface area contributed by atoms with Crippen LogP contribution in [0.5, 0.6) is 0 Å². The van der Waals surface area contributed by atoms with Crippen molar-refractivity contribution in [2.75, 3.05) is 6.54 Å². The van der Waals surface area contributed by atoms with Gasteiger partial charge in [-0.3, -0.25) is 4.79 Å². The highest BCUT2D eigenvalue weighted by atomic mass is 16.5. The van der Waals surface area contributed by atoms with Crippen molar-refractivity contribution >= 4 is 5.91 Å². The van der Waals surface area contributed by atoms with Crippen LogP contribution >= 0.6 is 0 Å². The molecule has 3 aromatic carbocycles. The van der Waals surface area contributed by atoms with Crippen molar-refractivity contribution in [2.24, 2.45) is 5.92 Å². The molecule has 1 aliphatic rings. The third-order valence-corrected chi connectivity index (χ3v) is 6.74. The number of amides is 1. The summed E-state index contributed by atoms with van der Waals surface area (Å²) in [6.07, 6.45) is 4.58. The van der Waals surface area contributed by atoms with Gasteiger partial charge in [0.25, 0.3) is 0 Å². The molecule has 3 atom stereocenters. The van der Waals surface area contributed by atoms with Gasteiger partial charge in [-0.25, -0.2) is 0 Å². The molecule has 3 aromatic rings. The summed E-state index contributed by atoms with van der Waals surface area (Å²) in [4.78, 5) is 12.4. The van der Waals surface area contributed by atoms with Crippen LogP contribution in [0.1, 0.15) is 66.9 Å². The third-order valence-electron chi connectivity index (χ3n) is 6.74. The Kier molecular flexibility index (Phi) is 8.32. The Morgan fingerprint density at radius 3 is 2.21 bits per heavy atom. The van der Waals surface area contributed by atoms with Crippen molar-refractivity contribution in [1.82, 2.24) is 5.32 Å². The molecule has 1 amide bonds. The maximum absolute atomic E-state index is 12.4. The molecule has 1 N–H and O–H groups in total. The van der Waals surface area contributed by atoms with Crippen molar-refractivity contribution in [2.45, 2.75) is 57.7 Å². The van der Waals surface area contributed by atoms with Crippen LogP contribution in [0, 0.1) is 5.92 Å².